The summed E-state index contributed by atoms with van der Waals surface area (Å²) in [6, 6.07) is 4.63. The van der Waals surface area contributed by atoms with Gasteiger partial charge in [-0.15, -0.1) is 11.3 Å². The lowest BCUT2D eigenvalue weighted by Crippen LogP contribution is -2.15. The maximum atomic E-state index is 12.2. The number of nitrogens with two attached hydrogens (primary N) is 1. The van der Waals surface area contributed by atoms with Crippen LogP contribution < -0.4 is 10.5 Å². The van der Waals surface area contributed by atoms with Crippen LogP contribution >= 0.6 is 23.6 Å². The van der Waals surface area contributed by atoms with Crippen LogP contribution in [0.3, 0.4) is 0 Å². The molecule has 0 aliphatic heterocycles. The minimum absolute atomic E-state index is 0.155. The normalized spacial score (nSPS) is 11.3. The lowest BCUT2D eigenvalue weighted by atomic mass is 10.1. The highest BCUT2D eigenvalue weighted by Gasteiger charge is 2.17. The molecule has 0 aliphatic carbocycles. The van der Waals surface area contributed by atoms with Crippen molar-refractivity contribution < 1.29 is 8.42 Å². The third kappa shape index (κ3) is 3.14. The molecule has 0 spiro atoms. The van der Waals surface area contributed by atoms with Crippen molar-refractivity contribution in [3.63, 3.8) is 0 Å². The Morgan fingerprint density at radius 1 is 1.40 bits per heavy atom. The van der Waals surface area contributed by atoms with Crippen molar-refractivity contribution in [2.24, 2.45) is 5.73 Å². The maximum absolute atomic E-state index is 12.2. The van der Waals surface area contributed by atoms with E-state index in [1.807, 2.05) is 0 Å². The second kappa shape index (κ2) is 5.47. The number of aryl methyl sites for hydroxylation is 2. The van der Waals surface area contributed by atoms with E-state index in [1.165, 1.54) is 23.5 Å². The van der Waals surface area contributed by atoms with Crippen molar-refractivity contribution in [3.8, 4) is 0 Å². The fourth-order valence-corrected chi connectivity index (χ4v) is 3.91. The van der Waals surface area contributed by atoms with Gasteiger partial charge in [0.25, 0.3) is 10.0 Å². The van der Waals surface area contributed by atoms with E-state index in [9.17, 15) is 8.42 Å². The average Bonchev–Trinajstić information content (AvgIpc) is 2.73. The molecule has 2 rings (SSSR count). The summed E-state index contributed by atoms with van der Waals surface area (Å²) in [7, 11) is -3.65. The molecular formula is C12H13N3O2S3. The van der Waals surface area contributed by atoms with E-state index in [2.05, 4.69) is 9.71 Å². The standard InChI is InChI=1S/C12H13N3O2S3/c1-7-5-9(3-4-10(7)11(13)18)20(16,17)15-12-14-8(2)6-19-12/h3-6H,1-2H3,(H2,13,18)(H,14,15). The van der Waals surface area contributed by atoms with Crippen molar-refractivity contribution in [2.75, 3.05) is 4.72 Å². The first kappa shape index (κ1) is 14.9. The van der Waals surface area contributed by atoms with Crippen LogP contribution in [-0.4, -0.2) is 18.4 Å². The highest BCUT2D eigenvalue weighted by molar-refractivity contribution is 7.93. The first-order valence-electron chi connectivity index (χ1n) is 5.65. The molecule has 0 saturated carbocycles. The number of benzene rings is 1. The SMILES string of the molecule is Cc1csc(NS(=O)(=O)c2ccc(C(N)=S)c(C)c2)n1. The first-order chi connectivity index (χ1) is 9.29. The predicted molar refractivity (Wildman–Crippen MR) is 84.7 cm³/mol. The highest BCUT2D eigenvalue weighted by atomic mass is 32.2. The Labute approximate surface area is 126 Å². The Morgan fingerprint density at radius 2 is 2.10 bits per heavy atom. The van der Waals surface area contributed by atoms with Crippen LogP contribution in [0.4, 0.5) is 5.13 Å². The molecule has 0 atom stereocenters. The number of sulfonamides is 1. The molecule has 5 nitrogen and oxygen atoms in total. The number of thiocarbonyl (C=S) groups is 1. The van der Waals surface area contributed by atoms with Crippen LogP contribution in [-0.2, 0) is 10.0 Å². The number of hydrogen-bond acceptors (Lipinski definition) is 5. The number of rotatable bonds is 4. The maximum Gasteiger partial charge on any atom is 0.263 e. The van der Waals surface area contributed by atoms with Gasteiger partial charge in [-0.05, 0) is 31.5 Å². The molecule has 0 unspecified atom stereocenters. The second-order valence-corrected chi connectivity index (χ2v) is 7.22. The Hall–Kier alpha value is -1.51. The van der Waals surface area contributed by atoms with E-state index < -0.39 is 10.0 Å². The van der Waals surface area contributed by atoms with Gasteiger partial charge in [-0.25, -0.2) is 13.4 Å². The van der Waals surface area contributed by atoms with E-state index in [4.69, 9.17) is 18.0 Å². The zero-order chi connectivity index (χ0) is 14.9. The molecule has 8 heteroatoms. The van der Waals surface area contributed by atoms with Gasteiger partial charge in [0.15, 0.2) is 5.13 Å². The summed E-state index contributed by atoms with van der Waals surface area (Å²) >= 11 is 6.14. The number of anilines is 1. The van der Waals surface area contributed by atoms with E-state index in [0.717, 1.165) is 11.3 Å². The van der Waals surface area contributed by atoms with Gasteiger partial charge in [0.2, 0.25) is 0 Å². The summed E-state index contributed by atoms with van der Waals surface area (Å²) in [5.41, 5.74) is 7.72. The van der Waals surface area contributed by atoms with Crippen LogP contribution in [0.25, 0.3) is 0 Å². The van der Waals surface area contributed by atoms with Crippen molar-refractivity contribution in [1.29, 1.82) is 0 Å². The van der Waals surface area contributed by atoms with Crippen LogP contribution in [0, 0.1) is 13.8 Å². The molecule has 1 aromatic carbocycles. The number of hydrogen-bond donors (Lipinski definition) is 2. The van der Waals surface area contributed by atoms with E-state index in [1.54, 1.807) is 25.3 Å². The summed E-state index contributed by atoms with van der Waals surface area (Å²) in [5.74, 6) is 0. The Morgan fingerprint density at radius 3 is 2.60 bits per heavy atom. The summed E-state index contributed by atoms with van der Waals surface area (Å²) in [6.07, 6.45) is 0. The summed E-state index contributed by atoms with van der Waals surface area (Å²) in [5, 5.41) is 2.12. The van der Waals surface area contributed by atoms with Gasteiger partial charge in [0, 0.05) is 10.9 Å². The lowest BCUT2D eigenvalue weighted by molar-refractivity contribution is 0.601. The topological polar surface area (TPSA) is 85.1 Å². The van der Waals surface area contributed by atoms with E-state index in [0.29, 0.717) is 10.7 Å². The number of aromatic nitrogens is 1. The molecule has 1 heterocycles. The Bertz CT molecular complexity index is 766. The minimum Gasteiger partial charge on any atom is -0.389 e. The lowest BCUT2D eigenvalue weighted by Gasteiger charge is -2.08. The molecule has 0 aliphatic rings. The predicted octanol–water partition coefficient (Wildman–Crippen LogP) is 2.19. The quantitative estimate of drug-likeness (QED) is 0.841. The molecule has 20 heavy (non-hydrogen) atoms. The van der Waals surface area contributed by atoms with Crippen LogP contribution in [0.15, 0.2) is 28.5 Å². The smallest absolute Gasteiger partial charge is 0.263 e. The van der Waals surface area contributed by atoms with Gasteiger partial charge in [0.05, 0.1) is 10.6 Å². The van der Waals surface area contributed by atoms with Crippen LogP contribution in [0.1, 0.15) is 16.8 Å². The van der Waals surface area contributed by atoms with Crippen molar-refractivity contribution in [3.05, 3.63) is 40.4 Å². The van der Waals surface area contributed by atoms with Crippen LogP contribution in [0.5, 0.6) is 0 Å². The number of nitrogens with zero attached hydrogens (tertiary/aromatic N) is 1. The van der Waals surface area contributed by atoms with Crippen LogP contribution in [0.2, 0.25) is 0 Å². The highest BCUT2D eigenvalue weighted by Crippen LogP contribution is 2.21. The minimum atomic E-state index is -3.65. The van der Waals surface area contributed by atoms with Gasteiger partial charge >= 0.3 is 0 Å². The molecule has 0 saturated heterocycles. The molecule has 106 valence electrons. The fourth-order valence-electron chi connectivity index (χ4n) is 1.65. The third-order valence-corrected chi connectivity index (χ3v) is 5.18. The molecule has 1 aromatic heterocycles. The average molecular weight is 327 g/mol. The molecule has 2 aromatic rings. The van der Waals surface area contributed by atoms with Crippen molar-refractivity contribution >= 4 is 43.7 Å². The van der Waals surface area contributed by atoms with Gasteiger partial charge in [-0.2, -0.15) is 0 Å². The summed E-state index contributed by atoms with van der Waals surface area (Å²) in [6.45, 7) is 3.57. The number of nitrogens with one attached hydrogen (secondary N) is 1. The molecule has 0 radical (unpaired) electrons. The molecular weight excluding hydrogens is 314 g/mol. The summed E-state index contributed by atoms with van der Waals surface area (Å²) in [4.78, 5) is 4.48. The molecule has 0 fully saturated rings. The van der Waals surface area contributed by atoms with Gasteiger partial charge in [0.1, 0.15) is 4.99 Å². The Balaban J connectivity index is 2.35. The second-order valence-electron chi connectivity index (χ2n) is 4.24. The first-order valence-corrected chi connectivity index (χ1v) is 8.42. The number of thiazole rings is 1. The molecule has 0 bridgehead atoms. The largest absolute Gasteiger partial charge is 0.389 e. The van der Waals surface area contributed by atoms with E-state index >= 15 is 0 Å². The van der Waals surface area contributed by atoms with Gasteiger partial charge in [-0.3, -0.25) is 4.72 Å². The van der Waals surface area contributed by atoms with Crippen molar-refractivity contribution in [2.45, 2.75) is 18.7 Å². The zero-order valence-corrected chi connectivity index (χ0v) is 13.3. The fraction of sp³-hybridized carbons (Fsp3) is 0.167. The van der Waals surface area contributed by atoms with Crippen molar-refractivity contribution in [1.82, 2.24) is 4.98 Å². The molecule has 3 N–H and O–H groups in total. The molecule has 0 amide bonds. The van der Waals surface area contributed by atoms with Gasteiger partial charge in [-0.1, -0.05) is 18.3 Å². The van der Waals surface area contributed by atoms with Gasteiger partial charge < -0.3 is 5.73 Å². The summed E-state index contributed by atoms with van der Waals surface area (Å²) < 4.78 is 26.9. The monoisotopic (exact) mass is 327 g/mol. The third-order valence-electron chi connectivity index (χ3n) is 2.61. The van der Waals surface area contributed by atoms with E-state index in [-0.39, 0.29) is 9.88 Å². The Kier molecular flexibility index (Phi) is 4.07. The zero-order valence-electron chi connectivity index (χ0n) is 10.9.